The quantitative estimate of drug-likeness (QED) is 0.808. The molecule has 0 spiro atoms. The third kappa shape index (κ3) is 5.17. The molecule has 0 saturated carbocycles. The lowest BCUT2D eigenvalue weighted by molar-refractivity contribution is 0.0321. The summed E-state index contributed by atoms with van der Waals surface area (Å²) < 4.78 is 38.3. The van der Waals surface area contributed by atoms with Gasteiger partial charge in [-0.25, -0.2) is 13.1 Å². The monoisotopic (exact) mass is 342 g/mol. The van der Waals surface area contributed by atoms with Crippen molar-refractivity contribution in [1.82, 2.24) is 9.62 Å². The maximum atomic E-state index is 12.5. The highest BCUT2D eigenvalue weighted by Crippen LogP contribution is 2.24. The average Bonchev–Trinajstić information content (AvgIpc) is 2.54. The molecule has 1 aliphatic rings. The van der Waals surface area contributed by atoms with Gasteiger partial charge in [-0.15, -0.1) is 0 Å². The van der Waals surface area contributed by atoms with Crippen LogP contribution in [0.1, 0.15) is 12.5 Å². The third-order valence-electron chi connectivity index (χ3n) is 3.90. The van der Waals surface area contributed by atoms with Crippen LogP contribution in [0, 0.1) is 12.8 Å². The molecular formula is C16H26N2O4S. The molecule has 1 N–H and O–H groups in total. The van der Waals surface area contributed by atoms with Crippen molar-refractivity contribution in [3.63, 3.8) is 0 Å². The van der Waals surface area contributed by atoms with Crippen LogP contribution >= 0.6 is 0 Å². The van der Waals surface area contributed by atoms with E-state index < -0.39 is 10.0 Å². The molecule has 23 heavy (non-hydrogen) atoms. The van der Waals surface area contributed by atoms with Crippen LogP contribution in [0.15, 0.2) is 23.1 Å². The number of rotatable bonds is 7. The van der Waals surface area contributed by atoms with Crippen molar-refractivity contribution >= 4 is 10.0 Å². The molecule has 0 bridgehead atoms. The van der Waals surface area contributed by atoms with E-state index in [1.54, 1.807) is 12.1 Å². The normalized spacial score (nSPS) is 17.9. The standard InChI is InChI=1S/C16H26N2O4S/c1-13-4-5-15(21-3)16(10-13)23(19,20)17-11-14(2)12-18-6-8-22-9-7-18/h4-5,10,14,17H,6-9,11-12H2,1-3H3. The molecule has 1 aromatic rings. The summed E-state index contributed by atoms with van der Waals surface area (Å²) in [6.45, 7) is 8.47. The van der Waals surface area contributed by atoms with Crippen molar-refractivity contribution in [2.45, 2.75) is 18.7 Å². The Balaban J connectivity index is 1.97. The van der Waals surface area contributed by atoms with Crippen molar-refractivity contribution in [3.05, 3.63) is 23.8 Å². The summed E-state index contributed by atoms with van der Waals surface area (Å²) in [5.41, 5.74) is 0.882. The van der Waals surface area contributed by atoms with Gasteiger partial charge < -0.3 is 9.47 Å². The Labute approximate surface area is 138 Å². The number of hydrogen-bond acceptors (Lipinski definition) is 5. The highest BCUT2D eigenvalue weighted by Gasteiger charge is 2.21. The fraction of sp³-hybridized carbons (Fsp3) is 0.625. The van der Waals surface area contributed by atoms with Crippen LogP contribution in [-0.4, -0.2) is 59.8 Å². The number of nitrogens with one attached hydrogen (secondary N) is 1. The highest BCUT2D eigenvalue weighted by molar-refractivity contribution is 7.89. The van der Waals surface area contributed by atoms with Gasteiger partial charge in [0.2, 0.25) is 10.0 Å². The van der Waals surface area contributed by atoms with Crippen LogP contribution in [0.3, 0.4) is 0 Å². The van der Waals surface area contributed by atoms with Gasteiger partial charge in [0.15, 0.2) is 0 Å². The minimum atomic E-state index is -3.58. The molecule has 1 aromatic carbocycles. The van der Waals surface area contributed by atoms with Crippen LogP contribution in [0.25, 0.3) is 0 Å². The van der Waals surface area contributed by atoms with Gasteiger partial charge in [0.1, 0.15) is 10.6 Å². The van der Waals surface area contributed by atoms with E-state index in [4.69, 9.17) is 9.47 Å². The predicted molar refractivity (Wildman–Crippen MR) is 89.3 cm³/mol. The summed E-state index contributed by atoms with van der Waals surface area (Å²) in [5, 5.41) is 0. The Morgan fingerprint density at radius 1 is 1.35 bits per heavy atom. The number of morpholine rings is 1. The molecule has 130 valence electrons. The minimum Gasteiger partial charge on any atom is -0.495 e. The molecular weight excluding hydrogens is 316 g/mol. The first-order chi connectivity index (χ1) is 10.9. The molecule has 1 saturated heterocycles. The second-order valence-corrected chi connectivity index (χ2v) is 7.76. The van der Waals surface area contributed by atoms with E-state index in [1.807, 2.05) is 19.9 Å². The van der Waals surface area contributed by atoms with E-state index in [1.165, 1.54) is 7.11 Å². The maximum absolute atomic E-state index is 12.5. The first kappa shape index (κ1) is 18.2. The molecule has 1 aliphatic heterocycles. The van der Waals surface area contributed by atoms with E-state index >= 15 is 0 Å². The summed E-state index contributed by atoms with van der Waals surface area (Å²) in [7, 11) is -2.10. The number of sulfonamides is 1. The molecule has 1 atom stereocenters. The Morgan fingerprint density at radius 2 is 2.04 bits per heavy atom. The summed E-state index contributed by atoms with van der Waals surface area (Å²) in [6.07, 6.45) is 0. The molecule has 0 amide bonds. The topological polar surface area (TPSA) is 67.9 Å². The molecule has 0 aromatic heterocycles. The van der Waals surface area contributed by atoms with Crippen molar-refractivity contribution in [2.24, 2.45) is 5.92 Å². The van der Waals surface area contributed by atoms with Crippen LogP contribution < -0.4 is 9.46 Å². The molecule has 0 aliphatic carbocycles. The zero-order valence-corrected chi connectivity index (χ0v) is 14.9. The van der Waals surface area contributed by atoms with E-state index in [9.17, 15) is 8.42 Å². The Morgan fingerprint density at radius 3 is 2.70 bits per heavy atom. The number of nitrogens with zero attached hydrogens (tertiary/aromatic N) is 1. The van der Waals surface area contributed by atoms with E-state index in [0.717, 1.165) is 38.4 Å². The summed E-state index contributed by atoms with van der Waals surface area (Å²) in [6, 6.07) is 5.15. The first-order valence-electron chi connectivity index (χ1n) is 7.87. The van der Waals surface area contributed by atoms with Crippen molar-refractivity contribution < 1.29 is 17.9 Å². The van der Waals surface area contributed by atoms with Gasteiger partial charge in [-0.1, -0.05) is 13.0 Å². The molecule has 1 unspecified atom stereocenters. The smallest absolute Gasteiger partial charge is 0.244 e. The first-order valence-corrected chi connectivity index (χ1v) is 9.35. The minimum absolute atomic E-state index is 0.193. The summed E-state index contributed by atoms with van der Waals surface area (Å²) in [4.78, 5) is 2.49. The lowest BCUT2D eigenvalue weighted by atomic mass is 10.1. The number of hydrogen-bond donors (Lipinski definition) is 1. The Bertz CT molecular complexity index is 613. The van der Waals surface area contributed by atoms with Gasteiger partial charge in [-0.2, -0.15) is 0 Å². The molecule has 6 nitrogen and oxygen atoms in total. The Kier molecular flexibility index (Phi) is 6.41. The number of aryl methyl sites for hydroxylation is 1. The maximum Gasteiger partial charge on any atom is 0.244 e. The van der Waals surface area contributed by atoms with E-state index in [-0.39, 0.29) is 10.8 Å². The van der Waals surface area contributed by atoms with Gasteiger partial charge in [0, 0.05) is 26.2 Å². The lowest BCUT2D eigenvalue weighted by Gasteiger charge is -2.29. The fourth-order valence-electron chi connectivity index (χ4n) is 2.61. The predicted octanol–water partition coefficient (Wildman–Crippen LogP) is 1.25. The van der Waals surface area contributed by atoms with Crippen molar-refractivity contribution in [3.8, 4) is 5.75 Å². The van der Waals surface area contributed by atoms with Crippen LogP contribution in [0.5, 0.6) is 5.75 Å². The number of methoxy groups -OCH3 is 1. The zero-order chi connectivity index (χ0) is 16.9. The van der Waals surface area contributed by atoms with Crippen LogP contribution in [-0.2, 0) is 14.8 Å². The second-order valence-electron chi connectivity index (χ2n) is 6.02. The number of ether oxygens (including phenoxy) is 2. The highest BCUT2D eigenvalue weighted by atomic mass is 32.2. The van der Waals surface area contributed by atoms with E-state index in [0.29, 0.717) is 12.3 Å². The van der Waals surface area contributed by atoms with Crippen molar-refractivity contribution in [2.75, 3.05) is 46.5 Å². The largest absolute Gasteiger partial charge is 0.495 e. The third-order valence-corrected chi connectivity index (χ3v) is 5.35. The SMILES string of the molecule is COc1ccc(C)cc1S(=O)(=O)NCC(C)CN1CCOCC1. The van der Waals surface area contributed by atoms with Gasteiger partial charge >= 0.3 is 0 Å². The van der Waals surface area contributed by atoms with Gasteiger partial charge in [-0.05, 0) is 30.5 Å². The van der Waals surface area contributed by atoms with Crippen LogP contribution in [0.2, 0.25) is 0 Å². The van der Waals surface area contributed by atoms with Gasteiger partial charge in [-0.3, -0.25) is 4.90 Å². The van der Waals surface area contributed by atoms with E-state index in [2.05, 4.69) is 9.62 Å². The molecule has 7 heteroatoms. The lowest BCUT2D eigenvalue weighted by Crippen LogP contribution is -2.41. The number of benzene rings is 1. The molecule has 1 heterocycles. The summed E-state index contributed by atoms with van der Waals surface area (Å²) >= 11 is 0. The van der Waals surface area contributed by atoms with Gasteiger partial charge in [0.05, 0.1) is 20.3 Å². The van der Waals surface area contributed by atoms with Crippen molar-refractivity contribution in [1.29, 1.82) is 0 Å². The Hall–Kier alpha value is -1.15. The molecule has 1 fully saturated rings. The van der Waals surface area contributed by atoms with Gasteiger partial charge in [0.25, 0.3) is 0 Å². The molecule has 2 rings (SSSR count). The average molecular weight is 342 g/mol. The molecule has 0 radical (unpaired) electrons. The second kappa shape index (κ2) is 8.10. The summed E-state index contributed by atoms with van der Waals surface area (Å²) in [5.74, 6) is 0.586. The van der Waals surface area contributed by atoms with Crippen LogP contribution in [0.4, 0.5) is 0 Å². The fourth-order valence-corrected chi connectivity index (χ4v) is 4.03. The zero-order valence-electron chi connectivity index (χ0n) is 14.0.